The average molecular weight is 253 g/mol. The van der Waals surface area contributed by atoms with Crippen molar-refractivity contribution in [1.82, 2.24) is 19.5 Å². The fourth-order valence-corrected chi connectivity index (χ4v) is 1.87. The quantitative estimate of drug-likeness (QED) is 0.671. The Bertz CT molecular complexity index is 774. The summed E-state index contributed by atoms with van der Waals surface area (Å²) in [5.41, 5.74) is 7.08. The number of nitrogens with one attached hydrogen (secondary N) is 1. The molecule has 0 radical (unpaired) electrons. The summed E-state index contributed by atoms with van der Waals surface area (Å²) in [6.07, 6.45) is 4.77. The molecule has 6 nitrogen and oxygen atoms in total. The van der Waals surface area contributed by atoms with Gasteiger partial charge >= 0.3 is 0 Å². The number of aromatic nitrogens is 4. The van der Waals surface area contributed by atoms with Crippen LogP contribution in [-0.4, -0.2) is 19.5 Å². The second kappa shape index (κ2) is 4.41. The summed E-state index contributed by atoms with van der Waals surface area (Å²) in [5.74, 6) is 1.20. The molecule has 0 aliphatic heterocycles. The van der Waals surface area contributed by atoms with E-state index in [4.69, 9.17) is 5.73 Å². The third-order valence-corrected chi connectivity index (χ3v) is 2.70. The number of hydrogen-bond donors (Lipinski definition) is 2. The number of H-pyrrole nitrogens is 1. The Hall–Kier alpha value is -2.89. The summed E-state index contributed by atoms with van der Waals surface area (Å²) in [4.78, 5) is 22.2. The fourth-order valence-electron chi connectivity index (χ4n) is 1.87. The number of aromatic amines is 1. The molecule has 0 saturated carbocycles. The highest BCUT2D eigenvalue weighted by molar-refractivity contribution is 5.62. The zero-order chi connectivity index (χ0) is 13.2. The van der Waals surface area contributed by atoms with Crippen LogP contribution < -0.4 is 11.3 Å². The van der Waals surface area contributed by atoms with Crippen molar-refractivity contribution in [3.05, 3.63) is 59.4 Å². The molecule has 3 N–H and O–H groups in total. The van der Waals surface area contributed by atoms with E-state index in [1.807, 2.05) is 24.3 Å². The molecule has 0 amide bonds. The Kier molecular flexibility index (Phi) is 2.60. The maximum atomic E-state index is 11.3. The predicted octanol–water partition coefficient (Wildman–Crippen LogP) is 1.20. The Morgan fingerprint density at radius 2 is 2.11 bits per heavy atom. The molecule has 1 aromatic carbocycles. The van der Waals surface area contributed by atoms with E-state index in [9.17, 15) is 4.79 Å². The molecule has 0 unspecified atom stereocenters. The third kappa shape index (κ3) is 2.11. The molecular weight excluding hydrogens is 242 g/mol. The minimum atomic E-state index is -0.211. The number of imidazole rings is 1. The van der Waals surface area contributed by atoms with Crippen LogP contribution in [0.1, 0.15) is 0 Å². The van der Waals surface area contributed by atoms with E-state index in [-0.39, 0.29) is 5.56 Å². The maximum absolute atomic E-state index is 11.3. The van der Waals surface area contributed by atoms with E-state index in [1.165, 1.54) is 12.4 Å². The summed E-state index contributed by atoms with van der Waals surface area (Å²) in [6, 6.07) is 8.81. The average Bonchev–Trinajstić information content (AvgIpc) is 2.88. The number of nitrogens with zero attached hydrogens (tertiary/aromatic N) is 3. The van der Waals surface area contributed by atoms with Crippen molar-refractivity contribution in [2.24, 2.45) is 0 Å². The molecule has 94 valence electrons. The van der Waals surface area contributed by atoms with Gasteiger partial charge in [0, 0.05) is 29.7 Å². The Morgan fingerprint density at radius 3 is 2.89 bits per heavy atom. The van der Waals surface area contributed by atoms with E-state index in [2.05, 4.69) is 15.0 Å². The van der Waals surface area contributed by atoms with Crippen LogP contribution >= 0.6 is 0 Å². The van der Waals surface area contributed by atoms with E-state index in [0.717, 1.165) is 5.56 Å². The minimum absolute atomic E-state index is 0.211. The lowest BCUT2D eigenvalue weighted by atomic mass is 10.2. The molecule has 19 heavy (non-hydrogen) atoms. The second-order valence-electron chi connectivity index (χ2n) is 4.02. The lowest BCUT2D eigenvalue weighted by Crippen LogP contribution is -2.09. The van der Waals surface area contributed by atoms with Gasteiger partial charge in [0.25, 0.3) is 5.56 Å². The highest BCUT2D eigenvalue weighted by Gasteiger charge is 2.09. The molecule has 3 rings (SSSR count). The van der Waals surface area contributed by atoms with Crippen LogP contribution in [0, 0.1) is 0 Å². The molecule has 0 bridgehead atoms. The van der Waals surface area contributed by atoms with Gasteiger partial charge in [-0.15, -0.1) is 0 Å². The normalized spacial score (nSPS) is 10.5. The largest absolute Gasteiger partial charge is 0.399 e. The van der Waals surface area contributed by atoms with Crippen molar-refractivity contribution >= 4 is 5.69 Å². The summed E-state index contributed by atoms with van der Waals surface area (Å²) >= 11 is 0. The van der Waals surface area contributed by atoms with Gasteiger partial charge in [-0.25, -0.2) is 9.97 Å². The molecule has 0 spiro atoms. The van der Waals surface area contributed by atoms with Gasteiger partial charge in [-0.05, 0) is 12.1 Å². The second-order valence-corrected chi connectivity index (χ2v) is 4.02. The first-order chi connectivity index (χ1) is 9.24. The number of anilines is 1. The van der Waals surface area contributed by atoms with E-state index in [0.29, 0.717) is 17.3 Å². The highest BCUT2D eigenvalue weighted by Crippen LogP contribution is 2.21. The van der Waals surface area contributed by atoms with Crippen LogP contribution in [0.4, 0.5) is 5.69 Å². The van der Waals surface area contributed by atoms with Gasteiger partial charge in [0.1, 0.15) is 11.6 Å². The summed E-state index contributed by atoms with van der Waals surface area (Å²) < 4.78 is 1.74. The number of nitrogens with two attached hydrogens (primary N) is 1. The topological polar surface area (TPSA) is 89.6 Å². The van der Waals surface area contributed by atoms with Crippen molar-refractivity contribution in [1.29, 1.82) is 0 Å². The zero-order valence-electron chi connectivity index (χ0n) is 9.95. The molecule has 6 heteroatoms. The lowest BCUT2D eigenvalue weighted by Gasteiger charge is -2.06. The SMILES string of the molecule is Nc1cccc(-c2nccn2-c2cc(=O)[nH]cn2)c1. The Labute approximate surface area is 108 Å². The molecular formula is C13H11N5O. The van der Waals surface area contributed by atoms with Gasteiger partial charge in [-0.1, -0.05) is 12.1 Å². The van der Waals surface area contributed by atoms with Crippen molar-refractivity contribution in [3.63, 3.8) is 0 Å². The van der Waals surface area contributed by atoms with E-state index >= 15 is 0 Å². The first kappa shape index (κ1) is 11.2. The monoisotopic (exact) mass is 253 g/mol. The number of benzene rings is 1. The zero-order valence-corrected chi connectivity index (χ0v) is 9.95. The summed E-state index contributed by atoms with van der Waals surface area (Å²) in [5, 5.41) is 0. The molecule has 2 aromatic heterocycles. The van der Waals surface area contributed by atoms with E-state index < -0.39 is 0 Å². The van der Waals surface area contributed by atoms with Crippen LogP contribution in [0.15, 0.2) is 53.8 Å². The van der Waals surface area contributed by atoms with Crippen molar-refractivity contribution < 1.29 is 0 Å². The first-order valence-corrected chi connectivity index (χ1v) is 5.68. The molecule has 3 aromatic rings. The highest BCUT2D eigenvalue weighted by atomic mass is 16.1. The molecule has 0 fully saturated rings. The van der Waals surface area contributed by atoms with Crippen LogP contribution in [0.5, 0.6) is 0 Å². The van der Waals surface area contributed by atoms with Gasteiger partial charge in [0.2, 0.25) is 0 Å². The van der Waals surface area contributed by atoms with Gasteiger partial charge in [0.15, 0.2) is 0 Å². The number of hydrogen-bond acceptors (Lipinski definition) is 4. The predicted molar refractivity (Wildman–Crippen MR) is 71.8 cm³/mol. The Morgan fingerprint density at radius 1 is 1.21 bits per heavy atom. The van der Waals surface area contributed by atoms with Gasteiger partial charge < -0.3 is 10.7 Å². The smallest absolute Gasteiger partial charge is 0.252 e. The molecule has 0 aliphatic rings. The summed E-state index contributed by atoms with van der Waals surface area (Å²) in [6.45, 7) is 0. The van der Waals surface area contributed by atoms with Crippen LogP contribution in [-0.2, 0) is 0 Å². The Balaban J connectivity index is 2.16. The van der Waals surface area contributed by atoms with Crippen molar-refractivity contribution in [2.45, 2.75) is 0 Å². The molecule has 0 saturated heterocycles. The number of nitrogen functional groups attached to an aromatic ring is 1. The molecule has 0 atom stereocenters. The van der Waals surface area contributed by atoms with Gasteiger partial charge in [-0.2, -0.15) is 0 Å². The third-order valence-electron chi connectivity index (χ3n) is 2.70. The lowest BCUT2D eigenvalue weighted by molar-refractivity contribution is 0.965. The van der Waals surface area contributed by atoms with Crippen molar-refractivity contribution in [2.75, 3.05) is 5.73 Å². The van der Waals surface area contributed by atoms with Gasteiger partial charge in [0.05, 0.1) is 6.33 Å². The molecule has 0 aliphatic carbocycles. The first-order valence-electron chi connectivity index (χ1n) is 5.68. The van der Waals surface area contributed by atoms with Crippen LogP contribution in [0.2, 0.25) is 0 Å². The fraction of sp³-hybridized carbons (Fsp3) is 0. The van der Waals surface area contributed by atoms with Crippen LogP contribution in [0.25, 0.3) is 17.2 Å². The van der Waals surface area contributed by atoms with Crippen molar-refractivity contribution in [3.8, 4) is 17.2 Å². The summed E-state index contributed by atoms with van der Waals surface area (Å²) in [7, 11) is 0. The molecule has 2 heterocycles. The minimum Gasteiger partial charge on any atom is -0.399 e. The van der Waals surface area contributed by atoms with Gasteiger partial charge in [-0.3, -0.25) is 9.36 Å². The standard InChI is InChI=1S/C13H11N5O/c14-10-3-1-2-9(6-10)13-15-4-5-18(13)11-7-12(19)17-8-16-11/h1-8H,14H2,(H,16,17,19). The maximum Gasteiger partial charge on any atom is 0.252 e. The van der Waals surface area contributed by atoms with Crippen LogP contribution in [0.3, 0.4) is 0 Å². The van der Waals surface area contributed by atoms with E-state index in [1.54, 1.807) is 17.0 Å². The number of rotatable bonds is 2.